The number of rotatable bonds is 6. The van der Waals surface area contributed by atoms with Crippen LogP contribution >= 0.6 is 0 Å². The molecule has 0 aliphatic carbocycles. The zero-order valence-electron chi connectivity index (χ0n) is 12.4. The van der Waals surface area contributed by atoms with Crippen LogP contribution in [0.25, 0.3) is 0 Å². The van der Waals surface area contributed by atoms with Crippen molar-refractivity contribution in [2.75, 3.05) is 13.2 Å². The van der Waals surface area contributed by atoms with Gasteiger partial charge in [0.2, 0.25) is 0 Å². The molecule has 2 atom stereocenters. The number of benzene rings is 1. The highest BCUT2D eigenvalue weighted by molar-refractivity contribution is 7.90. The quantitative estimate of drug-likeness (QED) is 0.838. The number of amides is 1. The SMILES string of the molecule is C[C@H](OC[C@@H]1CCCO1)C(=O)NS(=O)(=O)c1cc(F)ccc1F. The number of hydrogen-bond acceptors (Lipinski definition) is 5. The predicted molar refractivity (Wildman–Crippen MR) is 76.1 cm³/mol. The maximum absolute atomic E-state index is 13.5. The molecule has 6 nitrogen and oxygen atoms in total. The minimum atomic E-state index is -4.52. The average Bonchev–Trinajstić information content (AvgIpc) is 3.00. The van der Waals surface area contributed by atoms with E-state index >= 15 is 0 Å². The Kier molecular flexibility index (Phi) is 5.66. The molecule has 0 aromatic heterocycles. The lowest BCUT2D eigenvalue weighted by Crippen LogP contribution is -2.39. The fourth-order valence-corrected chi connectivity index (χ4v) is 3.19. The third kappa shape index (κ3) is 4.69. The molecule has 128 valence electrons. The van der Waals surface area contributed by atoms with Gasteiger partial charge in [-0.3, -0.25) is 4.79 Å². The first-order valence-electron chi connectivity index (χ1n) is 7.04. The first-order valence-corrected chi connectivity index (χ1v) is 8.53. The van der Waals surface area contributed by atoms with Gasteiger partial charge >= 0.3 is 0 Å². The van der Waals surface area contributed by atoms with Crippen LogP contribution in [0, 0.1) is 11.6 Å². The van der Waals surface area contributed by atoms with Crippen molar-refractivity contribution in [3.05, 3.63) is 29.8 Å². The molecular weight excluding hydrogens is 332 g/mol. The molecule has 1 aliphatic heterocycles. The van der Waals surface area contributed by atoms with Gasteiger partial charge in [-0.1, -0.05) is 0 Å². The van der Waals surface area contributed by atoms with E-state index in [1.54, 1.807) is 4.72 Å². The molecule has 1 saturated heterocycles. The molecule has 1 aromatic rings. The highest BCUT2D eigenvalue weighted by Crippen LogP contribution is 2.16. The second-order valence-electron chi connectivity index (χ2n) is 5.16. The summed E-state index contributed by atoms with van der Waals surface area (Å²) in [4.78, 5) is 10.9. The number of ether oxygens (including phenoxy) is 2. The zero-order chi connectivity index (χ0) is 17.0. The second kappa shape index (κ2) is 7.33. The smallest absolute Gasteiger partial charge is 0.267 e. The van der Waals surface area contributed by atoms with Gasteiger partial charge < -0.3 is 9.47 Å². The number of carbonyl (C=O) groups is 1. The van der Waals surface area contributed by atoms with Crippen molar-refractivity contribution in [2.24, 2.45) is 0 Å². The minimum absolute atomic E-state index is 0.123. The Morgan fingerprint density at radius 3 is 2.87 bits per heavy atom. The monoisotopic (exact) mass is 349 g/mol. The van der Waals surface area contributed by atoms with E-state index in [1.165, 1.54) is 6.92 Å². The number of nitrogens with one attached hydrogen (secondary N) is 1. The van der Waals surface area contributed by atoms with Crippen molar-refractivity contribution in [1.29, 1.82) is 0 Å². The summed E-state index contributed by atoms with van der Waals surface area (Å²) in [5.74, 6) is -3.05. The lowest BCUT2D eigenvalue weighted by molar-refractivity contribution is -0.131. The molecule has 1 N–H and O–H groups in total. The van der Waals surface area contributed by atoms with Gasteiger partial charge in [-0.2, -0.15) is 0 Å². The summed E-state index contributed by atoms with van der Waals surface area (Å²) >= 11 is 0. The summed E-state index contributed by atoms with van der Waals surface area (Å²) in [6.45, 7) is 2.15. The third-order valence-electron chi connectivity index (χ3n) is 3.34. The normalized spacial score (nSPS) is 19.5. The van der Waals surface area contributed by atoms with Crippen molar-refractivity contribution < 1.29 is 31.5 Å². The Morgan fingerprint density at radius 2 is 2.22 bits per heavy atom. The van der Waals surface area contributed by atoms with Crippen molar-refractivity contribution in [3.63, 3.8) is 0 Å². The minimum Gasteiger partial charge on any atom is -0.376 e. The molecule has 0 spiro atoms. The van der Waals surface area contributed by atoms with Gasteiger partial charge in [0.25, 0.3) is 15.9 Å². The summed E-state index contributed by atoms with van der Waals surface area (Å²) in [5, 5.41) is 0. The van der Waals surface area contributed by atoms with Crippen LogP contribution in [-0.4, -0.2) is 39.7 Å². The number of halogens is 2. The molecule has 0 radical (unpaired) electrons. The Morgan fingerprint density at radius 1 is 1.48 bits per heavy atom. The van der Waals surface area contributed by atoms with Crippen molar-refractivity contribution in [1.82, 2.24) is 4.72 Å². The average molecular weight is 349 g/mol. The maximum Gasteiger partial charge on any atom is 0.267 e. The molecule has 9 heteroatoms. The van der Waals surface area contributed by atoms with E-state index in [9.17, 15) is 22.0 Å². The van der Waals surface area contributed by atoms with Crippen LogP contribution in [-0.2, 0) is 24.3 Å². The van der Waals surface area contributed by atoms with Gasteiger partial charge in [0.1, 0.15) is 22.6 Å². The number of hydrogen-bond donors (Lipinski definition) is 1. The fourth-order valence-electron chi connectivity index (χ4n) is 2.06. The number of carbonyl (C=O) groups excluding carboxylic acids is 1. The third-order valence-corrected chi connectivity index (χ3v) is 4.70. The van der Waals surface area contributed by atoms with Crippen molar-refractivity contribution in [2.45, 2.75) is 36.9 Å². The standard InChI is InChI=1S/C14H17F2NO5S/c1-9(22-8-11-3-2-6-21-11)14(18)17-23(19,20)13-7-10(15)4-5-12(13)16/h4-5,7,9,11H,2-3,6,8H2,1H3,(H,17,18)/t9-,11-/m0/s1. The summed E-state index contributed by atoms with van der Waals surface area (Å²) in [5.41, 5.74) is 0. The highest BCUT2D eigenvalue weighted by Gasteiger charge is 2.26. The predicted octanol–water partition coefficient (Wildman–Crippen LogP) is 1.35. The van der Waals surface area contributed by atoms with Crippen LogP contribution in [0.2, 0.25) is 0 Å². The zero-order valence-corrected chi connectivity index (χ0v) is 13.2. The Labute approximate surface area is 132 Å². The van der Waals surface area contributed by atoms with Crippen molar-refractivity contribution in [3.8, 4) is 0 Å². The van der Waals surface area contributed by atoms with Crippen LogP contribution in [0.1, 0.15) is 19.8 Å². The highest BCUT2D eigenvalue weighted by atomic mass is 32.2. The van der Waals surface area contributed by atoms with E-state index in [0.717, 1.165) is 18.9 Å². The van der Waals surface area contributed by atoms with Crippen LogP contribution < -0.4 is 4.72 Å². The Balaban J connectivity index is 1.98. The Bertz CT molecular complexity index is 674. The molecule has 0 saturated carbocycles. The van der Waals surface area contributed by atoms with E-state index in [1.807, 2.05) is 0 Å². The van der Waals surface area contributed by atoms with Crippen LogP contribution in [0.3, 0.4) is 0 Å². The van der Waals surface area contributed by atoms with E-state index in [-0.39, 0.29) is 12.7 Å². The lowest BCUT2D eigenvalue weighted by Gasteiger charge is -2.16. The van der Waals surface area contributed by atoms with E-state index in [2.05, 4.69) is 0 Å². The summed E-state index contributed by atoms with van der Waals surface area (Å²) in [6, 6.07) is 1.96. The molecule has 1 heterocycles. The summed E-state index contributed by atoms with van der Waals surface area (Å²) in [6.07, 6.45) is 0.510. The molecule has 1 aliphatic rings. The summed E-state index contributed by atoms with van der Waals surface area (Å²) < 4.78 is 62.8. The molecule has 0 unspecified atom stereocenters. The Hall–Kier alpha value is -1.58. The van der Waals surface area contributed by atoms with Crippen LogP contribution in [0.5, 0.6) is 0 Å². The molecule has 1 aromatic carbocycles. The molecule has 1 amide bonds. The van der Waals surface area contributed by atoms with E-state index < -0.39 is 38.6 Å². The first kappa shape index (κ1) is 17.8. The first-order chi connectivity index (χ1) is 10.8. The topological polar surface area (TPSA) is 81.7 Å². The van der Waals surface area contributed by atoms with Gasteiger partial charge in [-0.05, 0) is 38.0 Å². The molecule has 0 bridgehead atoms. The second-order valence-corrected chi connectivity index (χ2v) is 6.81. The molecule has 1 fully saturated rings. The van der Waals surface area contributed by atoms with Gasteiger partial charge in [0.15, 0.2) is 0 Å². The van der Waals surface area contributed by atoms with Gasteiger partial charge in [0, 0.05) is 6.61 Å². The van der Waals surface area contributed by atoms with Crippen LogP contribution in [0.15, 0.2) is 23.1 Å². The van der Waals surface area contributed by atoms with Gasteiger partial charge in [-0.15, -0.1) is 0 Å². The number of sulfonamides is 1. The van der Waals surface area contributed by atoms with Crippen molar-refractivity contribution >= 4 is 15.9 Å². The van der Waals surface area contributed by atoms with E-state index in [0.29, 0.717) is 18.7 Å². The summed E-state index contributed by atoms with van der Waals surface area (Å²) in [7, 11) is -4.52. The molecular formula is C14H17F2NO5S. The van der Waals surface area contributed by atoms with Gasteiger partial charge in [-0.25, -0.2) is 21.9 Å². The molecule has 2 rings (SSSR count). The maximum atomic E-state index is 13.5. The fraction of sp³-hybridized carbons (Fsp3) is 0.500. The lowest BCUT2D eigenvalue weighted by atomic mass is 10.2. The van der Waals surface area contributed by atoms with E-state index in [4.69, 9.17) is 9.47 Å². The largest absolute Gasteiger partial charge is 0.376 e. The van der Waals surface area contributed by atoms with Gasteiger partial charge in [0.05, 0.1) is 12.7 Å². The molecule has 23 heavy (non-hydrogen) atoms. The van der Waals surface area contributed by atoms with Crippen LogP contribution in [0.4, 0.5) is 8.78 Å².